The number of benzene rings is 1. The zero-order chi connectivity index (χ0) is 21.3. The minimum Gasteiger partial charge on any atom is -0.479 e. The van der Waals surface area contributed by atoms with Gasteiger partial charge in [0.25, 0.3) is 5.91 Å². The van der Waals surface area contributed by atoms with Crippen molar-refractivity contribution in [2.75, 3.05) is 11.5 Å². The Hall–Kier alpha value is -2.41. The van der Waals surface area contributed by atoms with Crippen LogP contribution < -0.4 is 9.64 Å². The molecule has 0 N–H and O–H groups in total. The van der Waals surface area contributed by atoms with E-state index in [1.165, 1.54) is 0 Å². The van der Waals surface area contributed by atoms with Crippen LogP contribution in [0.5, 0.6) is 5.75 Å². The Morgan fingerprint density at radius 2 is 2.07 bits per heavy atom. The number of ether oxygens (including phenoxy) is 2. The summed E-state index contributed by atoms with van der Waals surface area (Å²) >= 11 is 1.63. The Labute approximate surface area is 175 Å². The lowest BCUT2D eigenvalue weighted by Gasteiger charge is -2.37. The SMILES string of the molecule is CCC(C(=O)OCC(C)C)N1C(=O)C(C)Oc2ccc(-c3nc(C)sc3C)cc21. The fourth-order valence-electron chi connectivity index (χ4n) is 3.43. The summed E-state index contributed by atoms with van der Waals surface area (Å²) < 4.78 is 11.3. The largest absolute Gasteiger partial charge is 0.479 e. The lowest BCUT2D eigenvalue weighted by Crippen LogP contribution is -2.53. The molecule has 6 nitrogen and oxygen atoms in total. The van der Waals surface area contributed by atoms with Gasteiger partial charge in [0.15, 0.2) is 6.10 Å². The van der Waals surface area contributed by atoms with Crippen LogP contribution in [0.4, 0.5) is 5.69 Å². The van der Waals surface area contributed by atoms with E-state index in [4.69, 9.17) is 9.47 Å². The van der Waals surface area contributed by atoms with Gasteiger partial charge in [-0.2, -0.15) is 0 Å². The number of fused-ring (bicyclic) bond motifs is 1. The molecule has 3 rings (SSSR count). The predicted molar refractivity (Wildman–Crippen MR) is 114 cm³/mol. The summed E-state index contributed by atoms with van der Waals surface area (Å²) in [6, 6.07) is 4.98. The van der Waals surface area contributed by atoms with Crippen molar-refractivity contribution in [1.29, 1.82) is 0 Å². The van der Waals surface area contributed by atoms with Crippen LogP contribution in [0.25, 0.3) is 11.3 Å². The first-order valence-corrected chi connectivity index (χ1v) is 10.8. The summed E-state index contributed by atoms with van der Waals surface area (Å²) in [5.74, 6) is 0.181. The van der Waals surface area contributed by atoms with E-state index in [0.29, 0.717) is 24.5 Å². The first kappa shape index (κ1) is 21.3. The van der Waals surface area contributed by atoms with E-state index in [-0.39, 0.29) is 17.8 Å². The number of thiazole rings is 1. The number of hydrogen-bond acceptors (Lipinski definition) is 6. The number of hydrogen-bond donors (Lipinski definition) is 0. The minimum atomic E-state index is -0.695. The first-order valence-electron chi connectivity index (χ1n) is 9.97. The highest BCUT2D eigenvalue weighted by atomic mass is 32.1. The van der Waals surface area contributed by atoms with E-state index in [0.717, 1.165) is 21.1 Å². The molecule has 156 valence electrons. The maximum absolute atomic E-state index is 13.0. The normalized spacial score (nSPS) is 17.1. The molecule has 0 spiro atoms. The topological polar surface area (TPSA) is 68.7 Å². The Kier molecular flexibility index (Phi) is 6.27. The van der Waals surface area contributed by atoms with E-state index in [9.17, 15) is 9.59 Å². The Balaban J connectivity index is 2.03. The second-order valence-corrected chi connectivity index (χ2v) is 9.14. The molecule has 1 aliphatic heterocycles. The Bertz CT molecular complexity index is 922. The van der Waals surface area contributed by atoms with Crippen LogP contribution in [-0.2, 0) is 14.3 Å². The van der Waals surface area contributed by atoms with Gasteiger partial charge in [0, 0.05) is 10.4 Å². The van der Waals surface area contributed by atoms with Gasteiger partial charge in [-0.05, 0) is 51.3 Å². The number of aromatic nitrogens is 1. The Morgan fingerprint density at radius 1 is 1.34 bits per heavy atom. The number of carbonyl (C=O) groups is 2. The summed E-state index contributed by atoms with van der Waals surface area (Å²) in [5, 5.41) is 0.983. The fraction of sp³-hybridized carbons (Fsp3) is 0.500. The zero-order valence-corrected chi connectivity index (χ0v) is 18.6. The van der Waals surface area contributed by atoms with Crippen molar-refractivity contribution >= 4 is 28.9 Å². The molecule has 0 bridgehead atoms. The third-order valence-electron chi connectivity index (χ3n) is 4.81. The molecule has 2 atom stereocenters. The average molecular weight is 417 g/mol. The smallest absolute Gasteiger partial charge is 0.329 e. The maximum Gasteiger partial charge on any atom is 0.329 e. The molecule has 2 unspecified atom stereocenters. The molecule has 2 aromatic rings. The first-order chi connectivity index (χ1) is 13.7. The number of rotatable bonds is 6. The minimum absolute atomic E-state index is 0.227. The molecule has 0 fully saturated rings. The van der Waals surface area contributed by atoms with Crippen LogP contribution in [0, 0.1) is 19.8 Å². The van der Waals surface area contributed by atoms with Gasteiger partial charge in [-0.15, -0.1) is 11.3 Å². The van der Waals surface area contributed by atoms with Crippen molar-refractivity contribution in [1.82, 2.24) is 4.98 Å². The molecule has 0 radical (unpaired) electrons. The summed E-state index contributed by atoms with van der Waals surface area (Å²) in [5.41, 5.74) is 2.37. The van der Waals surface area contributed by atoms with E-state index in [1.807, 2.05) is 52.8 Å². The molecule has 29 heavy (non-hydrogen) atoms. The number of carbonyl (C=O) groups excluding carboxylic acids is 2. The van der Waals surface area contributed by atoms with Crippen LogP contribution in [0.15, 0.2) is 18.2 Å². The van der Waals surface area contributed by atoms with E-state index < -0.39 is 12.1 Å². The Morgan fingerprint density at radius 3 is 2.66 bits per heavy atom. The monoisotopic (exact) mass is 416 g/mol. The van der Waals surface area contributed by atoms with E-state index >= 15 is 0 Å². The van der Waals surface area contributed by atoms with E-state index in [2.05, 4.69) is 4.98 Å². The van der Waals surface area contributed by atoms with Gasteiger partial charge in [-0.25, -0.2) is 9.78 Å². The molecule has 0 aliphatic carbocycles. The highest BCUT2D eigenvalue weighted by molar-refractivity contribution is 7.11. The molecule has 1 aliphatic rings. The summed E-state index contributed by atoms with van der Waals surface area (Å²) in [7, 11) is 0. The summed E-state index contributed by atoms with van der Waals surface area (Å²) in [4.78, 5) is 33.1. The van der Waals surface area contributed by atoms with Gasteiger partial charge < -0.3 is 9.47 Å². The molecular formula is C22H28N2O4S. The highest BCUT2D eigenvalue weighted by Crippen LogP contribution is 2.40. The second kappa shape index (κ2) is 8.53. The van der Waals surface area contributed by atoms with Crippen molar-refractivity contribution in [2.24, 2.45) is 5.92 Å². The van der Waals surface area contributed by atoms with Gasteiger partial charge in [0.2, 0.25) is 0 Å². The average Bonchev–Trinajstić information content (AvgIpc) is 3.01. The van der Waals surface area contributed by atoms with Crippen molar-refractivity contribution in [3.05, 3.63) is 28.1 Å². The van der Waals surface area contributed by atoms with E-state index in [1.54, 1.807) is 23.2 Å². The molecule has 1 aromatic carbocycles. The van der Waals surface area contributed by atoms with Crippen LogP contribution in [0.1, 0.15) is 44.0 Å². The van der Waals surface area contributed by atoms with Crippen LogP contribution in [-0.4, -0.2) is 35.6 Å². The van der Waals surface area contributed by atoms with Crippen molar-refractivity contribution < 1.29 is 19.1 Å². The van der Waals surface area contributed by atoms with Crippen LogP contribution >= 0.6 is 11.3 Å². The van der Waals surface area contributed by atoms with Gasteiger partial charge in [0.1, 0.15) is 11.8 Å². The molecule has 2 heterocycles. The predicted octanol–water partition coefficient (Wildman–Crippen LogP) is 4.52. The van der Waals surface area contributed by atoms with Crippen molar-refractivity contribution in [3.63, 3.8) is 0 Å². The molecule has 1 aromatic heterocycles. The highest BCUT2D eigenvalue weighted by Gasteiger charge is 2.39. The third-order valence-corrected chi connectivity index (χ3v) is 5.70. The standard InChI is InChI=1S/C22H28N2O4S/c1-7-17(22(26)27-11-12(2)3)24-18-10-16(20-14(5)29-15(6)23-20)8-9-19(18)28-13(4)21(24)25/h8-10,12-13,17H,7,11H2,1-6H3. The van der Waals surface area contributed by atoms with Crippen LogP contribution in [0.2, 0.25) is 0 Å². The fourth-order valence-corrected chi connectivity index (χ4v) is 4.27. The van der Waals surface area contributed by atoms with Gasteiger partial charge in [0.05, 0.1) is 23.0 Å². The zero-order valence-electron chi connectivity index (χ0n) is 17.8. The third kappa shape index (κ3) is 4.29. The molecule has 1 amide bonds. The van der Waals surface area contributed by atoms with Gasteiger partial charge in [-0.3, -0.25) is 9.69 Å². The molecular weight excluding hydrogens is 388 g/mol. The number of nitrogens with zero attached hydrogens (tertiary/aromatic N) is 2. The summed E-state index contributed by atoms with van der Waals surface area (Å²) in [6.45, 7) is 11.9. The molecule has 7 heteroatoms. The van der Waals surface area contributed by atoms with Crippen LogP contribution in [0.3, 0.4) is 0 Å². The lowest BCUT2D eigenvalue weighted by molar-refractivity contribution is -0.148. The quantitative estimate of drug-likeness (QED) is 0.648. The maximum atomic E-state index is 13.0. The summed E-state index contributed by atoms with van der Waals surface area (Å²) in [6.07, 6.45) is -0.211. The van der Waals surface area contributed by atoms with Crippen molar-refractivity contribution in [3.8, 4) is 17.0 Å². The van der Waals surface area contributed by atoms with Crippen molar-refractivity contribution in [2.45, 2.75) is 60.1 Å². The molecule has 0 saturated carbocycles. The van der Waals surface area contributed by atoms with Gasteiger partial charge in [-0.1, -0.05) is 20.8 Å². The number of aryl methyl sites for hydroxylation is 2. The number of anilines is 1. The lowest BCUT2D eigenvalue weighted by atomic mass is 10.0. The van der Waals surface area contributed by atoms with Gasteiger partial charge >= 0.3 is 5.97 Å². The number of amides is 1. The second-order valence-electron chi connectivity index (χ2n) is 7.74. The molecule has 0 saturated heterocycles. The number of esters is 1.